The van der Waals surface area contributed by atoms with E-state index in [1.165, 1.54) is 0 Å². The number of aliphatic hydroxyl groups excluding tert-OH is 1. The number of hydrogen-bond acceptors (Lipinski definition) is 6. The lowest BCUT2D eigenvalue weighted by Crippen LogP contribution is -2.52. The smallest absolute Gasteiger partial charge is 0.175 e. The van der Waals surface area contributed by atoms with Crippen LogP contribution < -0.4 is 0 Å². The van der Waals surface area contributed by atoms with E-state index in [4.69, 9.17) is 20.9 Å². The molecule has 1 saturated heterocycles. The molecule has 3 aromatic rings. The fraction of sp³-hybridized carbons (Fsp3) is 0.345. The first-order valence-corrected chi connectivity index (χ1v) is 12.7. The summed E-state index contributed by atoms with van der Waals surface area (Å²) < 4.78 is 11.9. The van der Waals surface area contributed by atoms with Crippen LogP contribution in [0.5, 0.6) is 5.75 Å². The van der Waals surface area contributed by atoms with Crippen molar-refractivity contribution in [3.05, 3.63) is 83.1 Å². The maximum Gasteiger partial charge on any atom is 0.175 e. The van der Waals surface area contributed by atoms with Gasteiger partial charge < -0.3 is 19.5 Å². The lowest BCUT2D eigenvalue weighted by atomic mass is 9.92. The van der Waals surface area contributed by atoms with E-state index in [2.05, 4.69) is 23.6 Å². The molecule has 36 heavy (non-hydrogen) atoms. The van der Waals surface area contributed by atoms with Crippen LogP contribution in [-0.4, -0.2) is 46.0 Å². The van der Waals surface area contributed by atoms with Gasteiger partial charge in [0.2, 0.25) is 0 Å². The van der Waals surface area contributed by atoms with Crippen molar-refractivity contribution in [1.29, 1.82) is 0 Å². The maximum atomic E-state index is 11.5. The number of likely N-dealkylation sites (tertiary alicyclic amines) is 1. The quantitative estimate of drug-likeness (QED) is 0.220. The summed E-state index contributed by atoms with van der Waals surface area (Å²) in [6.45, 7) is 11.3. The van der Waals surface area contributed by atoms with Crippen molar-refractivity contribution >= 4 is 11.6 Å². The molecule has 1 fully saturated rings. The van der Waals surface area contributed by atoms with Crippen molar-refractivity contribution in [3.8, 4) is 28.3 Å². The molecule has 1 aromatic heterocycles. The van der Waals surface area contributed by atoms with E-state index in [-0.39, 0.29) is 11.9 Å². The van der Waals surface area contributed by atoms with Gasteiger partial charge in [0.1, 0.15) is 23.7 Å². The molecule has 0 aliphatic carbocycles. The Morgan fingerprint density at radius 3 is 2.61 bits per heavy atom. The van der Waals surface area contributed by atoms with E-state index >= 15 is 0 Å². The fourth-order valence-corrected chi connectivity index (χ4v) is 4.65. The summed E-state index contributed by atoms with van der Waals surface area (Å²) >= 11 is 6.46. The van der Waals surface area contributed by atoms with Crippen LogP contribution in [0.1, 0.15) is 44.8 Å². The minimum atomic E-state index is -1.03. The number of allylic oxidation sites excluding steroid dienone is 2. The topological polar surface area (TPSA) is 79.0 Å². The van der Waals surface area contributed by atoms with Gasteiger partial charge in [0.25, 0.3) is 0 Å². The number of aromatic hydroxyl groups is 1. The highest BCUT2D eigenvalue weighted by Gasteiger charge is 2.30. The van der Waals surface area contributed by atoms with Crippen LogP contribution in [0.4, 0.5) is 0 Å². The third-order valence-electron chi connectivity index (χ3n) is 6.44. The molecular formula is C29H33ClN2O4. The molecule has 190 valence electrons. The van der Waals surface area contributed by atoms with Gasteiger partial charge in [0.05, 0.1) is 16.3 Å². The van der Waals surface area contributed by atoms with E-state index in [0.717, 1.165) is 31.8 Å². The Labute approximate surface area is 217 Å². The lowest BCUT2D eigenvalue weighted by Gasteiger charge is -2.39. The molecule has 0 amide bonds. The number of halogens is 1. The molecule has 7 heteroatoms. The van der Waals surface area contributed by atoms with Crippen molar-refractivity contribution in [2.24, 2.45) is 0 Å². The van der Waals surface area contributed by atoms with Crippen LogP contribution in [0.2, 0.25) is 5.02 Å². The zero-order valence-corrected chi connectivity index (χ0v) is 21.5. The molecule has 0 saturated carbocycles. The predicted molar refractivity (Wildman–Crippen MR) is 143 cm³/mol. The SMILES string of the molecule is C=C(CC/C(=C\C)OC1CN(CCC)C1)[C@H](O)c1c(-c2ccc(O)cc2)noc1-c1ccccc1Cl. The van der Waals surface area contributed by atoms with Crippen LogP contribution in [-0.2, 0) is 4.74 Å². The molecule has 6 nitrogen and oxygen atoms in total. The zero-order valence-electron chi connectivity index (χ0n) is 20.8. The summed E-state index contributed by atoms with van der Waals surface area (Å²) in [5.74, 6) is 1.44. The number of hydrogen-bond donors (Lipinski definition) is 2. The van der Waals surface area contributed by atoms with E-state index < -0.39 is 6.10 Å². The zero-order chi connectivity index (χ0) is 25.7. The van der Waals surface area contributed by atoms with Gasteiger partial charge in [-0.05, 0) is 74.4 Å². The van der Waals surface area contributed by atoms with Crippen LogP contribution in [0, 0.1) is 0 Å². The van der Waals surface area contributed by atoms with Crippen LogP contribution >= 0.6 is 11.6 Å². The first-order valence-electron chi connectivity index (χ1n) is 12.3. The highest BCUT2D eigenvalue weighted by Crippen LogP contribution is 2.42. The van der Waals surface area contributed by atoms with E-state index in [1.807, 2.05) is 31.2 Å². The molecule has 1 atom stereocenters. The molecule has 2 aromatic carbocycles. The molecule has 2 heterocycles. The van der Waals surface area contributed by atoms with Gasteiger partial charge in [0, 0.05) is 30.6 Å². The Morgan fingerprint density at radius 2 is 1.94 bits per heavy atom. The molecule has 1 aliphatic rings. The average Bonchev–Trinajstić information content (AvgIpc) is 3.29. The van der Waals surface area contributed by atoms with Gasteiger partial charge in [-0.25, -0.2) is 0 Å². The molecule has 0 unspecified atom stereocenters. The van der Waals surface area contributed by atoms with Crippen LogP contribution in [0.15, 0.2) is 77.0 Å². The Balaban J connectivity index is 1.53. The molecule has 0 spiro atoms. The van der Waals surface area contributed by atoms with Gasteiger partial charge in [-0.3, -0.25) is 4.90 Å². The second-order valence-corrected chi connectivity index (χ2v) is 9.52. The van der Waals surface area contributed by atoms with E-state index in [0.29, 0.717) is 51.6 Å². The summed E-state index contributed by atoms with van der Waals surface area (Å²) in [4.78, 5) is 2.38. The van der Waals surface area contributed by atoms with Crippen molar-refractivity contribution in [2.75, 3.05) is 19.6 Å². The van der Waals surface area contributed by atoms with Crippen molar-refractivity contribution in [3.63, 3.8) is 0 Å². The third-order valence-corrected chi connectivity index (χ3v) is 6.77. The van der Waals surface area contributed by atoms with Crippen LogP contribution in [0.25, 0.3) is 22.6 Å². The maximum absolute atomic E-state index is 11.5. The Hall–Kier alpha value is -3.06. The number of phenols is 1. The van der Waals surface area contributed by atoms with Crippen LogP contribution in [0.3, 0.4) is 0 Å². The minimum Gasteiger partial charge on any atom is -0.508 e. The molecule has 0 bridgehead atoms. The highest BCUT2D eigenvalue weighted by atomic mass is 35.5. The number of aliphatic hydroxyl groups is 1. The highest BCUT2D eigenvalue weighted by molar-refractivity contribution is 6.33. The third kappa shape index (κ3) is 5.84. The summed E-state index contributed by atoms with van der Waals surface area (Å²) in [5.41, 5.74) is 2.94. The Morgan fingerprint density at radius 1 is 1.22 bits per heavy atom. The van der Waals surface area contributed by atoms with Crippen molar-refractivity contribution in [2.45, 2.75) is 45.3 Å². The molecule has 2 N–H and O–H groups in total. The molecular weight excluding hydrogens is 476 g/mol. The number of aromatic nitrogens is 1. The molecule has 1 aliphatic heterocycles. The molecule has 0 radical (unpaired) electrons. The normalized spacial score (nSPS) is 15.5. The van der Waals surface area contributed by atoms with E-state index in [1.54, 1.807) is 30.3 Å². The first-order chi connectivity index (χ1) is 17.4. The Kier molecular flexibility index (Phi) is 8.52. The first kappa shape index (κ1) is 26.0. The minimum absolute atomic E-state index is 0.142. The van der Waals surface area contributed by atoms with Gasteiger partial charge in [0.15, 0.2) is 5.76 Å². The number of nitrogens with zero attached hydrogens (tertiary/aromatic N) is 2. The molecule has 4 rings (SSSR count). The van der Waals surface area contributed by atoms with Gasteiger partial charge in [-0.15, -0.1) is 0 Å². The summed E-state index contributed by atoms with van der Waals surface area (Å²) in [6.07, 6.45) is 3.48. The van der Waals surface area contributed by atoms with Crippen molar-refractivity contribution in [1.82, 2.24) is 10.1 Å². The number of phenolic OH excluding ortho intramolecular Hbond substituents is 1. The monoisotopic (exact) mass is 508 g/mol. The van der Waals surface area contributed by atoms with Gasteiger partial charge in [-0.2, -0.15) is 0 Å². The Bertz CT molecular complexity index is 1210. The summed E-state index contributed by atoms with van der Waals surface area (Å²) in [6, 6.07) is 13.9. The second-order valence-electron chi connectivity index (χ2n) is 9.12. The number of rotatable bonds is 11. The van der Waals surface area contributed by atoms with Gasteiger partial charge in [-0.1, -0.05) is 42.4 Å². The predicted octanol–water partition coefficient (Wildman–Crippen LogP) is 6.75. The largest absolute Gasteiger partial charge is 0.508 e. The standard InChI is InChI=1S/C29H33ClN2O4/c1-4-16-32-17-23(18-32)35-22(5-2)15-10-19(3)28(34)26-27(20-11-13-21(33)14-12-20)31-36-29(26)24-8-6-7-9-25(24)30/h5-9,11-14,23,28,33-34H,3-4,10,15-18H2,1-2H3/b22-5+/t28-/m0/s1. The summed E-state index contributed by atoms with van der Waals surface area (Å²) in [5, 5.41) is 25.9. The summed E-state index contributed by atoms with van der Waals surface area (Å²) in [7, 11) is 0. The number of ether oxygens (including phenoxy) is 1. The fourth-order valence-electron chi connectivity index (χ4n) is 4.42. The number of benzene rings is 2. The lowest BCUT2D eigenvalue weighted by molar-refractivity contribution is -0.0240. The van der Waals surface area contributed by atoms with Crippen molar-refractivity contribution < 1.29 is 19.5 Å². The average molecular weight is 509 g/mol. The van der Waals surface area contributed by atoms with E-state index in [9.17, 15) is 10.2 Å². The van der Waals surface area contributed by atoms with Gasteiger partial charge >= 0.3 is 0 Å². The second kappa shape index (κ2) is 11.8.